The molecule has 4 heteroatoms. The van der Waals surface area contributed by atoms with Gasteiger partial charge >= 0.3 is 0 Å². The van der Waals surface area contributed by atoms with Gasteiger partial charge in [0.15, 0.2) is 9.47 Å². The maximum Gasteiger partial charge on any atom is 0.166 e. The lowest BCUT2D eigenvalue weighted by atomic mass is 10.1. The van der Waals surface area contributed by atoms with Gasteiger partial charge in [-0.2, -0.15) is 8.78 Å². The van der Waals surface area contributed by atoms with Crippen LogP contribution in [0.5, 0.6) is 0 Å². The van der Waals surface area contributed by atoms with E-state index in [2.05, 4.69) is 31.9 Å². The minimum absolute atomic E-state index is 0.460. The first-order valence-corrected chi connectivity index (χ1v) is 5.32. The van der Waals surface area contributed by atoms with Gasteiger partial charge in [-0.15, -0.1) is 0 Å². The van der Waals surface area contributed by atoms with Crippen molar-refractivity contribution < 1.29 is 8.78 Å². The Morgan fingerprint density at radius 1 is 1.00 bits per heavy atom. The van der Waals surface area contributed by atoms with Gasteiger partial charge in [0.1, 0.15) is 0 Å². The molecule has 0 aliphatic rings. The van der Waals surface area contributed by atoms with E-state index < -0.39 is 9.47 Å². The number of hydrogen-bond donors (Lipinski definition) is 0. The van der Waals surface area contributed by atoms with Gasteiger partial charge in [-0.05, 0) is 61.2 Å². The standard InChI is InChI=1S/C10H6Br2F2/c11-9(13)5-7-2-1-3-8(4-7)6-10(12)14/h1-6H/b9-5-,10-6-. The van der Waals surface area contributed by atoms with Crippen LogP contribution >= 0.6 is 31.9 Å². The number of hydrogen-bond acceptors (Lipinski definition) is 0. The highest BCUT2D eigenvalue weighted by Gasteiger charge is 1.94. The summed E-state index contributed by atoms with van der Waals surface area (Å²) in [5, 5.41) is 0. The minimum Gasteiger partial charge on any atom is -0.199 e. The Morgan fingerprint density at radius 2 is 1.43 bits per heavy atom. The molecule has 0 saturated carbocycles. The number of rotatable bonds is 2. The lowest BCUT2D eigenvalue weighted by Crippen LogP contribution is -1.75. The van der Waals surface area contributed by atoms with Gasteiger partial charge in [0.25, 0.3) is 0 Å². The summed E-state index contributed by atoms with van der Waals surface area (Å²) in [5.74, 6) is 0. The molecule has 0 amide bonds. The highest BCUT2D eigenvalue weighted by atomic mass is 79.9. The quantitative estimate of drug-likeness (QED) is 0.717. The molecule has 0 N–H and O–H groups in total. The Hall–Kier alpha value is -0.480. The zero-order valence-electron chi connectivity index (χ0n) is 6.98. The molecular weight excluding hydrogens is 318 g/mol. The van der Waals surface area contributed by atoms with Gasteiger partial charge in [-0.25, -0.2) is 0 Å². The molecular formula is C10H6Br2F2. The number of benzene rings is 1. The molecule has 1 aromatic rings. The van der Waals surface area contributed by atoms with Crippen LogP contribution in [0.15, 0.2) is 33.7 Å². The summed E-state index contributed by atoms with van der Waals surface area (Å²) in [4.78, 5) is 0. The van der Waals surface area contributed by atoms with Crippen molar-refractivity contribution in [3.63, 3.8) is 0 Å². The Bertz CT molecular complexity index is 342. The topological polar surface area (TPSA) is 0 Å². The van der Waals surface area contributed by atoms with Crippen LogP contribution in [0.25, 0.3) is 12.2 Å². The van der Waals surface area contributed by atoms with E-state index in [1.54, 1.807) is 24.3 Å². The zero-order valence-corrected chi connectivity index (χ0v) is 10.1. The van der Waals surface area contributed by atoms with Crippen molar-refractivity contribution in [3.8, 4) is 0 Å². The van der Waals surface area contributed by atoms with E-state index in [1.165, 1.54) is 12.2 Å². The molecule has 1 rings (SSSR count). The molecule has 0 heterocycles. The molecule has 0 aromatic heterocycles. The van der Waals surface area contributed by atoms with Crippen LogP contribution in [-0.2, 0) is 0 Å². The predicted molar refractivity (Wildman–Crippen MR) is 62.5 cm³/mol. The van der Waals surface area contributed by atoms with Gasteiger partial charge in [0.2, 0.25) is 0 Å². The second-order valence-electron chi connectivity index (χ2n) is 2.54. The predicted octanol–water partition coefficient (Wildman–Crippen LogP) is 5.01. The van der Waals surface area contributed by atoms with Crippen LogP contribution in [0, 0.1) is 0 Å². The van der Waals surface area contributed by atoms with E-state index in [0.717, 1.165) is 0 Å². The maximum absolute atomic E-state index is 12.5. The average molecular weight is 324 g/mol. The van der Waals surface area contributed by atoms with Gasteiger partial charge in [0.05, 0.1) is 0 Å². The first-order valence-electron chi connectivity index (χ1n) is 3.73. The van der Waals surface area contributed by atoms with Crippen molar-refractivity contribution in [2.75, 3.05) is 0 Å². The van der Waals surface area contributed by atoms with E-state index in [4.69, 9.17) is 0 Å². The third kappa shape index (κ3) is 4.15. The summed E-state index contributed by atoms with van der Waals surface area (Å²) in [7, 11) is 0. The molecule has 14 heavy (non-hydrogen) atoms. The van der Waals surface area contributed by atoms with Crippen LogP contribution in [0.2, 0.25) is 0 Å². The van der Waals surface area contributed by atoms with E-state index in [9.17, 15) is 8.78 Å². The maximum atomic E-state index is 12.5. The summed E-state index contributed by atoms with van der Waals surface area (Å²) in [6.07, 6.45) is 2.62. The van der Waals surface area contributed by atoms with Gasteiger partial charge in [-0.3, -0.25) is 0 Å². The molecule has 0 saturated heterocycles. The molecule has 0 bridgehead atoms. The molecule has 0 spiro atoms. The van der Waals surface area contributed by atoms with Crippen molar-refractivity contribution in [2.45, 2.75) is 0 Å². The summed E-state index contributed by atoms with van der Waals surface area (Å²) in [5.41, 5.74) is 1.34. The smallest absolute Gasteiger partial charge is 0.166 e. The molecule has 0 fully saturated rings. The van der Waals surface area contributed by atoms with Crippen LogP contribution in [0.4, 0.5) is 8.78 Å². The lowest BCUT2D eigenvalue weighted by molar-refractivity contribution is 0.711. The molecule has 0 atom stereocenters. The van der Waals surface area contributed by atoms with Gasteiger partial charge in [0, 0.05) is 0 Å². The highest BCUT2D eigenvalue weighted by molar-refractivity contribution is 9.11. The largest absolute Gasteiger partial charge is 0.199 e. The van der Waals surface area contributed by atoms with Gasteiger partial charge < -0.3 is 0 Å². The van der Waals surface area contributed by atoms with Crippen LogP contribution in [0.3, 0.4) is 0 Å². The first kappa shape index (κ1) is 11.6. The van der Waals surface area contributed by atoms with Crippen LogP contribution in [-0.4, -0.2) is 0 Å². The monoisotopic (exact) mass is 322 g/mol. The molecule has 0 aliphatic heterocycles. The van der Waals surface area contributed by atoms with Crippen LogP contribution < -0.4 is 0 Å². The summed E-state index contributed by atoms with van der Waals surface area (Å²) in [6.45, 7) is 0. The van der Waals surface area contributed by atoms with E-state index in [0.29, 0.717) is 11.1 Å². The average Bonchev–Trinajstić information content (AvgIpc) is 2.01. The second kappa shape index (κ2) is 5.41. The van der Waals surface area contributed by atoms with E-state index in [1.807, 2.05) is 0 Å². The Balaban J connectivity index is 3.01. The zero-order chi connectivity index (χ0) is 10.6. The summed E-state index contributed by atoms with van der Waals surface area (Å²) < 4.78 is 24.0. The van der Waals surface area contributed by atoms with Gasteiger partial charge in [-0.1, -0.05) is 18.2 Å². The fourth-order valence-corrected chi connectivity index (χ4v) is 1.52. The fourth-order valence-electron chi connectivity index (χ4n) is 0.991. The van der Waals surface area contributed by atoms with Crippen molar-refractivity contribution in [1.29, 1.82) is 0 Å². The van der Waals surface area contributed by atoms with E-state index >= 15 is 0 Å². The first-order chi connectivity index (χ1) is 6.58. The SMILES string of the molecule is F/C(Br)=C\c1cccc(/C=C(\F)Br)c1. The summed E-state index contributed by atoms with van der Waals surface area (Å²) in [6, 6.07) is 6.85. The molecule has 0 aliphatic carbocycles. The summed E-state index contributed by atoms with van der Waals surface area (Å²) >= 11 is 5.36. The normalized spacial score (nSPS) is 13.1. The second-order valence-corrected chi connectivity index (χ2v) is 4.05. The Labute approximate surface area is 97.6 Å². The third-order valence-electron chi connectivity index (χ3n) is 1.46. The third-order valence-corrected chi connectivity index (χ3v) is 1.92. The molecule has 1 aromatic carbocycles. The fraction of sp³-hybridized carbons (Fsp3) is 0. The van der Waals surface area contributed by atoms with E-state index in [-0.39, 0.29) is 0 Å². The highest BCUT2D eigenvalue weighted by Crippen LogP contribution is 2.17. The van der Waals surface area contributed by atoms with Crippen molar-refractivity contribution in [1.82, 2.24) is 0 Å². The minimum atomic E-state index is -0.460. The lowest BCUT2D eigenvalue weighted by Gasteiger charge is -1.96. The molecule has 0 nitrogen and oxygen atoms in total. The van der Waals surface area contributed by atoms with Crippen molar-refractivity contribution >= 4 is 44.0 Å². The Morgan fingerprint density at radius 3 is 1.79 bits per heavy atom. The van der Waals surface area contributed by atoms with Crippen molar-refractivity contribution in [3.05, 3.63) is 44.9 Å². The molecule has 0 unspecified atom stereocenters. The Kier molecular flexibility index (Phi) is 4.48. The number of halogens is 4. The molecule has 74 valence electrons. The van der Waals surface area contributed by atoms with Crippen LogP contribution in [0.1, 0.15) is 11.1 Å². The van der Waals surface area contributed by atoms with Crippen molar-refractivity contribution in [2.24, 2.45) is 0 Å². The molecule has 0 radical (unpaired) electrons.